The van der Waals surface area contributed by atoms with E-state index < -0.39 is 5.82 Å². The zero-order chi connectivity index (χ0) is 28.6. The van der Waals surface area contributed by atoms with Gasteiger partial charge < -0.3 is 19.7 Å². The minimum atomic E-state index is -0.558. The fourth-order valence-corrected chi connectivity index (χ4v) is 4.17. The van der Waals surface area contributed by atoms with E-state index in [0.717, 1.165) is 5.56 Å². The largest absolute Gasteiger partial charge is 0.494 e. The third kappa shape index (κ3) is 7.01. The topological polar surface area (TPSA) is 87.5 Å². The highest BCUT2D eigenvalue weighted by atomic mass is 19.1. The number of halogens is 1. The highest BCUT2D eigenvalue weighted by Gasteiger charge is 2.16. The van der Waals surface area contributed by atoms with Crippen LogP contribution < -0.4 is 14.8 Å². The van der Waals surface area contributed by atoms with E-state index in [2.05, 4.69) is 16.4 Å². The van der Waals surface area contributed by atoms with Gasteiger partial charge in [0.05, 0.1) is 23.4 Å². The smallest absolute Gasteiger partial charge is 0.167 e. The van der Waals surface area contributed by atoms with Gasteiger partial charge in [-0.2, -0.15) is 5.26 Å². The standard InChI is InChI=1S/C32H31FN4O3/c1-5-39-31-18-29-27(16-22(31)15-25(38)9-7-13-37(3)4)32(23(19-34)20-35-29)36-24-11-12-30(28(33)17-24)40-26-10-6-8-21(2)14-26/h6-12,14,16-18,20H,5,13,15H2,1-4H3,(H,35,36)/b9-7+. The van der Waals surface area contributed by atoms with Crippen LogP contribution in [-0.4, -0.2) is 42.9 Å². The minimum absolute atomic E-state index is 0.0765. The molecule has 0 bridgehead atoms. The van der Waals surface area contributed by atoms with E-state index in [1.807, 2.05) is 57.1 Å². The average Bonchev–Trinajstić information content (AvgIpc) is 2.91. The first-order valence-electron chi connectivity index (χ1n) is 12.9. The quantitative estimate of drug-likeness (QED) is 0.212. The SMILES string of the molecule is CCOc1cc2ncc(C#N)c(Nc3ccc(Oc4cccc(C)c4)c(F)c3)c2cc1CC(=O)/C=C/CN(C)C. The molecule has 0 fully saturated rings. The molecule has 0 aliphatic heterocycles. The van der Waals surface area contributed by atoms with Crippen molar-refractivity contribution in [3.8, 4) is 23.3 Å². The zero-order valence-electron chi connectivity index (χ0n) is 23.0. The maximum absolute atomic E-state index is 15.0. The lowest BCUT2D eigenvalue weighted by atomic mass is 10.0. The molecule has 4 aromatic rings. The number of hydrogen-bond acceptors (Lipinski definition) is 7. The summed E-state index contributed by atoms with van der Waals surface area (Å²) in [7, 11) is 3.85. The Labute approximate surface area is 233 Å². The average molecular weight is 539 g/mol. The van der Waals surface area contributed by atoms with Crippen molar-refractivity contribution >= 4 is 28.1 Å². The summed E-state index contributed by atoms with van der Waals surface area (Å²) in [5, 5.41) is 13.6. The molecule has 0 unspecified atom stereocenters. The number of likely N-dealkylation sites (N-methyl/N-ethyl adjacent to an activating group) is 1. The van der Waals surface area contributed by atoms with Crippen LogP contribution in [0.1, 0.15) is 23.6 Å². The minimum Gasteiger partial charge on any atom is -0.494 e. The number of pyridine rings is 1. The van der Waals surface area contributed by atoms with Crippen LogP contribution in [0.25, 0.3) is 10.9 Å². The highest BCUT2D eigenvalue weighted by Crippen LogP contribution is 2.35. The van der Waals surface area contributed by atoms with Crippen LogP contribution in [0.2, 0.25) is 0 Å². The molecule has 0 aliphatic carbocycles. The molecule has 204 valence electrons. The molecule has 0 saturated heterocycles. The molecule has 1 N–H and O–H groups in total. The molecule has 0 amide bonds. The molecule has 3 aromatic carbocycles. The Morgan fingerprint density at radius 1 is 1.15 bits per heavy atom. The van der Waals surface area contributed by atoms with Gasteiger partial charge in [-0.25, -0.2) is 4.39 Å². The third-order valence-corrected chi connectivity index (χ3v) is 6.03. The number of allylic oxidation sites excluding steroid dienone is 1. The Morgan fingerprint density at radius 3 is 2.67 bits per heavy atom. The molecule has 0 radical (unpaired) electrons. The van der Waals surface area contributed by atoms with Gasteiger partial charge in [0.1, 0.15) is 17.6 Å². The number of carbonyl (C=O) groups excluding carboxylic acids is 1. The Kier molecular flexibility index (Phi) is 9.10. The maximum Gasteiger partial charge on any atom is 0.167 e. The summed E-state index contributed by atoms with van der Waals surface area (Å²) >= 11 is 0. The van der Waals surface area contributed by atoms with Crippen LogP contribution in [0, 0.1) is 24.1 Å². The van der Waals surface area contributed by atoms with Crippen LogP contribution >= 0.6 is 0 Å². The number of aryl methyl sites for hydroxylation is 1. The number of carbonyl (C=O) groups is 1. The van der Waals surface area contributed by atoms with Crippen LogP contribution in [-0.2, 0) is 11.2 Å². The van der Waals surface area contributed by atoms with Gasteiger partial charge in [0.2, 0.25) is 0 Å². The summed E-state index contributed by atoms with van der Waals surface area (Å²) in [6, 6.07) is 17.6. The Hall–Kier alpha value is -4.74. The number of benzene rings is 3. The molecule has 1 heterocycles. The van der Waals surface area contributed by atoms with Gasteiger partial charge in [0, 0.05) is 47.9 Å². The molecule has 0 spiro atoms. The van der Waals surface area contributed by atoms with Gasteiger partial charge in [-0.3, -0.25) is 9.78 Å². The molecule has 0 aliphatic rings. The number of hydrogen-bond donors (Lipinski definition) is 1. The first-order valence-corrected chi connectivity index (χ1v) is 12.9. The monoisotopic (exact) mass is 538 g/mol. The molecule has 0 atom stereocenters. The number of ether oxygens (including phenoxy) is 2. The number of nitrogens with zero attached hydrogens (tertiary/aromatic N) is 3. The molecular weight excluding hydrogens is 507 g/mol. The second-order valence-corrected chi connectivity index (χ2v) is 9.57. The zero-order valence-corrected chi connectivity index (χ0v) is 23.0. The van der Waals surface area contributed by atoms with Gasteiger partial charge in [-0.05, 0) is 69.9 Å². The number of nitriles is 1. The molecule has 7 nitrogen and oxygen atoms in total. The number of rotatable bonds is 11. The van der Waals surface area contributed by atoms with E-state index in [-0.39, 0.29) is 23.5 Å². The number of aromatic nitrogens is 1. The van der Waals surface area contributed by atoms with Gasteiger partial charge in [-0.1, -0.05) is 18.2 Å². The lowest BCUT2D eigenvalue weighted by molar-refractivity contribution is -0.114. The van der Waals surface area contributed by atoms with Crippen molar-refractivity contribution in [2.75, 3.05) is 32.6 Å². The molecular formula is C32H31FN4O3. The van der Waals surface area contributed by atoms with Gasteiger partial charge in [-0.15, -0.1) is 0 Å². The van der Waals surface area contributed by atoms with Crippen molar-refractivity contribution in [1.29, 1.82) is 5.26 Å². The number of fused-ring (bicyclic) bond motifs is 1. The predicted molar refractivity (Wildman–Crippen MR) is 155 cm³/mol. The first-order chi connectivity index (χ1) is 19.3. The molecule has 8 heteroatoms. The van der Waals surface area contributed by atoms with Crippen LogP contribution in [0.4, 0.5) is 15.8 Å². The van der Waals surface area contributed by atoms with Crippen molar-refractivity contribution in [3.63, 3.8) is 0 Å². The fourth-order valence-electron chi connectivity index (χ4n) is 4.17. The summed E-state index contributed by atoms with van der Waals surface area (Å²) in [5.74, 6) is 0.539. The van der Waals surface area contributed by atoms with Crippen LogP contribution in [0.5, 0.6) is 17.2 Å². The van der Waals surface area contributed by atoms with E-state index >= 15 is 4.39 Å². The van der Waals surface area contributed by atoms with E-state index in [9.17, 15) is 10.1 Å². The molecule has 40 heavy (non-hydrogen) atoms. The summed E-state index contributed by atoms with van der Waals surface area (Å²) in [6.45, 7) is 4.87. The summed E-state index contributed by atoms with van der Waals surface area (Å²) in [6.07, 6.45) is 4.95. The first kappa shape index (κ1) is 28.3. The number of anilines is 2. The van der Waals surface area contributed by atoms with E-state index in [0.29, 0.717) is 52.5 Å². The normalized spacial score (nSPS) is 11.1. The van der Waals surface area contributed by atoms with Gasteiger partial charge >= 0.3 is 0 Å². The molecule has 0 saturated carbocycles. The third-order valence-electron chi connectivity index (χ3n) is 6.03. The van der Waals surface area contributed by atoms with Crippen LogP contribution in [0.15, 0.2) is 72.9 Å². The summed E-state index contributed by atoms with van der Waals surface area (Å²) < 4.78 is 26.6. The Bertz CT molecular complexity index is 1610. The molecule has 4 rings (SSSR count). The lowest BCUT2D eigenvalue weighted by Gasteiger charge is -2.16. The lowest BCUT2D eigenvalue weighted by Crippen LogP contribution is -2.11. The summed E-state index contributed by atoms with van der Waals surface area (Å²) in [5.41, 5.74) is 3.41. The van der Waals surface area contributed by atoms with Crippen molar-refractivity contribution in [2.24, 2.45) is 0 Å². The highest BCUT2D eigenvalue weighted by molar-refractivity contribution is 5.99. The van der Waals surface area contributed by atoms with Crippen molar-refractivity contribution < 1.29 is 18.7 Å². The fraction of sp³-hybridized carbons (Fsp3) is 0.219. The molecule has 1 aromatic heterocycles. The maximum atomic E-state index is 15.0. The predicted octanol–water partition coefficient (Wildman–Crippen LogP) is 6.72. The van der Waals surface area contributed by atoms with E-state index in [4.69, 9.17) is 9.47 Å². The summed E-state index contributed by atoms with van der Waals surface area (Å²) in [4.78, 5) is 19.1. The Morgan fingerprint density at radius 2 is 1.98 bits per heavy atom. The second-order valence-electron chi connectivity index (χ2n) is 9.57. The number of nitrogens with one attached hydrogen (secondary N) is 1. The number of ketones is 1. The van der Waals surface area contributed by atoms with Crippen molar-refractivity contribution in [2.45, 2.75) is 20.3 Å². The van der Waals surface area contributed by atoms with Gasteiger partial charge in [0.15, 0.2) is 17.3 Å². The van der Waals surface area contributed by atoms with Crippen LogP contribution in [0.3, 0.4) is 0 Å². The van der Waals surface area contributed by atoms with Gasteiger partial charge in [0.25, 0.3) is 0 Å². The van der Waals surface area contributed by atoms with E-state index in [1.54, 1.807) is 30.3 Å². The Balaban J connectivity index is 1.68. The van der Waals surface area contributed by atoms with E-state index in [1.165, 1.54) is 18.3 Å². The van der Waals surface area contributed by atoms with Crippen molar-refractivity contribution in [3.05, 3.63) is 95.5 Å². The van der Waals surface area contributed by atoms with Crippen molar-refractivity contribution in [1.82, 2.24) is 9.88 Å². The second kappa shape index (κ2) is 12.9.